The van der Waals surface area contributed by atoms with Gasteiger partial charge in [-0.25, -0.2) is 4.98 Å². The smallest absolute Gasteiger partial charge is 0.382 e. The van der Waals surface area contributed by atoms with Gasteiger partial charge in [-0.3, -0.25) is 0 Å². The van der Waals surface area contributed by atoms with Crippen molar-refractivity contribution in [2.75, 3.05) is 5.73 Å². The number of nitrogen functional groups attached to an aromatic ring is 1. The number of alkyl halides is 3. The van der Waals surface area contributed by atoms with Crippen molar-refractivity contribution in [1.82, 2.24) is 4.98 Å². The summed E-state index contributed by atoms with van der Waals surface area (Å²) in [4.78, 5) is 3.49. The molecule has 0 saturated heterocycles. The van der Waals surface area contributed by atoms with Gasteiger partial charge in [-0.1, -0.05) is 11.6 Å². The van der Waals surface area contributed by atoms with Crippen LogP contribution in [0.5, 0.6) is 0 Å². The van der Waals surface area contributed by atoms with Crippen LogP contribution in [0.2, 0.25) is 5.02 Å². The Morgan fingerprint density at radius 3 is 2.38 bits per heavy atom. The van der Waals surface area contributed by atoms with Crippen LogP contribution in [0.1, 0.15) is 5.56 Å². The number of aromatic nitrogens is 1. The van der Waals surface area contributed by atoms with Gasteiger partial charge in [0.2, 0.25) is 0 Å². The van der Waals surface area contributed by atoms with Gasteiger partial charge >= 0.3 is 6.18 Å². The summed E-state index contributed by atoms with van der Waals surface area (Å²) in [7, 11) is 0. The second-order valence-corrected chi connectivity index (χ2v) is 3.72. The van der Waals surface area contributed by atoms with Gasteiger partial charge < -0.3 is 5.73 Å². The fraction of sp³-hybridized carbons (Fsp3) is 0.167. The van der Waals surface area contributed by atoms with Gasteiger partial charge in [-0.2, -0.15) is 13.2 Å². The Morgan fingerprint density at radius 2 is 2.00 bits per heavy atom. The average molecular weight is 322 g/mol. The van der Waals surface area contributed by atoms with Crippen LogP contribution in [0.15, 0.2) is 6.20 Å². The van der Waals surface area contributed by atoms with E-state index in [1.54, 1.807) is 0 Å². The van der Waals surface area contributed by atoms with Crippen LogP contribution < -0.4 is 5.73 Å². The molecule has 0 atom stereocenters. The van der Waals surface area contributed by atoms with E-state index < -0.39 is 16.8 Å². The monoisotopic (exact) mass is 322 g/mol. The van der Waals surface area contributed by atoms with Crippen LogP contribution in [-0.2, 0) is 6.18 Å². The third-order valence-electron chi connectivity index (χ3n) is 1.28. The van der Waals surface area contributed by atoms with Gasteiger partial charge in [-0.05, 0) is 22.6 Å². The summed E-state index contributed by atoms with van der Waals surface area (Å²) in [5.41, 5.74) is 4.21. The maximum Gasteiger partial charge on any atom is 0.419 e. The summed E-state index contributed by atoms with van der Waals surface area (Å²) in [6.07, 6.45) is -3.46. The minimum absolute atomic E-state index is 0.0655. The van der Waals surface area contributed by atoms with E-state index in [0.717, 1.165) is 6.20 Å². The van der Waals surface area contributed by atoms with E-state index in [4.69, 9.17) is 17.3 Å². The number of hydrogen-bond donors (Lipinski definition) is 1. The Bertz CT molecular complexity index is 339. The molecule has 0 spiro atoms. The summed E-state index contributed by atoms with van der Waals surface area (Å²) in [5, 5.41) is -0.542. The molecular formula is C6H3ClF3IN2. The second kappa shape index (κ2) is 3.49. The Morgan fingerprint density at radius 1 is 1.46 bits per heavy atom. The number of anilines is 1. The molecule has 72 valence electrons. The third-order valence-corrected chi connectivity index (χ3v) is 2.48. The molecule has 7 heteroatoms. The molecule has 0 aromatic carbocycles. The molecule has 0 radical (unpaired) electrons. The Labute approximate surface area is 90.4 Å². The lowest BCUT2D eigenvalue weighted by atomic mass is 10.2. The van der Waals surface area contributed by atoms with Gasteiger partial charge in [0.15, 0.2) is 0 Å². The average Bonchev–Trinajstić information content (AvgIpc) is 1.95. The van der Waals surface area contributed by atoms with Crippen molar-refractivity contribution in [3.63, 3.8) is 0 Å². The number of pyridine rings is 1. The Balaban J connectivity index is 3.43. The van der Waals surface area contributed by atoms with Gasteiger partial charge in [0.25, 0.3) is 0 Å². The molecule has 1 rings (SSSR count). The zero-order valence-corrected chi connectivity index (χ0v) is 8.91. The molecule has 0 bridgehead atoms. The van der Waals surface area contributed by atoms with Crippen molar-refractivity contribution in [1.29, 1.82) is 0 Å². The Hall–Kier alpha value is -0.240. The van der Waals surface area contributed by atoms with Gasteiger partial charge in [0.05, 0.1) is 10.6 Å². The standard InChI is InChI=1S/C6H3ClF3IN2/c7-4-3(6(8,9)10)2(11)1-13-5(4)12/h1H,(H2,12,13). The second-order valence-electron chi connectivity index (χ2n) is 2.18. The molecule has 0 amide bonds. The molecule has 1 aromatic rings. The van der Waals surface area contributed by atoms with Crippen molar-refractivity contribution in [2.45, 2.75) is 6.18 Å². The van der Waals surface area contributed by atoms with E-state index >= 15 is 0 Å². The van der Waals surface area contributed by atoms with E-state index in [-0.39, 0.29) is 9.39 Å². The predicted molar refractivity (Wildman–Crippen MR) is 51.4 cm³/mol. The zero-order chi connectivity index (χ0) is 10.2. The van der Waals surface area contributed by atoms with E-state index in [9.17, 15) is 13.2 Å². The topological polar surface area (TPSA) is 38.9 Å². The molecule has 2 N–H and O–H groups in total. The highest BCUT2D eigenvalue weighted by Crippen LogP contribution is 2.39. The summed E-state index contributed by atoms with van der Waals surface area (Å²) < 4.78 is 36.9. The molecular weight excluding hydrogens is 319 g/mol. The molecule has 0 aliphatic rings. The normalized spacial score (nSPS) is 11.8. The predicted octanol–water partition coefficient (Wildman–Crippen LogP) is 2.94. The number of nitrogens with zero attached hydrogens (tertiary/aromatic N) is 1. The summed E-state index contributed by atoms with van der Waals surface area (Å²) in [6, 6.07) is 0. The SMILES string of the molecule is Nc1ncc(I)c(C(F)(F)F)c1Cl. The van der Waals surface area contributed by atoms with Crippen molar-refractivity contribution >= 4 is 40.0 Å². The van der Waals surface area contributed by atoms with Crippen molar-refractivity contribution in [2.24, 2.45) is 0 Å². The van der Waals surface area contributed by atoms with Crippen LogP contribution in [0.4, 0.5) is 19.0 Å². The van der Waals surface area contributed by atoms with Gasteiger partial charge in [0, 0.05) is 9.77 Å². The maximum atomic E-state index is 12.3. The van der Waals surface area contributed by atoms with Crippen LogP contribution in [-0.4, -0.2) is 4.98 Å². The summed E-state index contributed by atoms with van der Waals surface area (Å²) in [6.45, 7) is 0. The van der Waals surface area contributed by atoms with Crippen LogP contribution >= 0.6 is 34.2 Å². The first kappa shape index (κ1) is 10.8. The molecule has 2 nitrogen and oxygen atoms in total. The highest BCUT2D eigenvalue weighted by molar-refractivity contribution is 14.1. The summed E-state index contributed by atoms with van der Waals surface area (Å²) in [5.74, 6) is -0.311. The lowest BCUT2D eigenvalue weighted by molar-refractivity contribution is -0.138. The number of halogens is 5. The first-order valence-corrected chi connectivity index (χ1v) is 4.46. The zero-order valence-electron chi connectivity index (χ0n) is 5.99. The number of hydrogen-bond acceptors (Lipinski definition) is 2. The first-order valence-electron chi connectivity index (χ1n) is 3.00. The van der Waals surface area contributed by atoms with Crippen LogP contribution in [0.3, 0.4) is 0 Å². The van der Waals surface area contributed by atoms with Crippen molar-refractivity contribution in [3.05, 3.63) is 20.4 Å². The fourth-order valence-electron chi connectivity index (χ4n) is 0.740. The molecule has 0 aliphatic carbocycles. The van der Waals surface area contributed by atoms with E-state index in [1.165, 1.54) is 22.6 Å². The number of rotatable bonds is 0. The minimum Gasteiger partial charge on any atom is -0.382 e. The lowest BCUT2D eigenvalue weighted by Crippen LogP contribution is -2.10. The third kappa shape index (κ3) is 2.16. The van der Waals surface area contributed by atoms with Crippen molar-refractivity contribution in [3.8, 4) is 0 Å². The van der Waals surface area contributed by atoms with Crippen molar-refractivity contribution < 1.29 is 13.2 Å². The van der Waals surface area contributed by atoms with Crippen LogP contribution in [0, 0.1) is 3.57 Å². The largest absolute Gasteiger partial charge is 0.419 e. The maximum absolute atomic E-state index is 12.3. The van der Waals surface area contributed by atoms with Crippen LogP contribution in [0.25, 0.3) is 0 Å². The van der Waals surface area contributed by atoms with Gasteiger partial charge in [-0.15, -0.1) is 0 Å². The fourth-order valence-corrected chi connectivity index (χ4v) is 1.87. The molecule has 0 saturated carbocycles. The first-order chi connectivity index (χ1) is 5.84. The molecule has 1 heterocycles. The highest BCUT2D eigenvalue weighted by Gasteiger charge is 2.36. The molecule has 0 unspecified atom stereocenters. The van der Waals surface area contributed by atoms with E-state index in [2.05, 4.69) is 4.98 Å². The molecule has 13 heavy (non-hydrogen) atoms. The van der Waals surface area contributed by atoms with E-state index in [0.29, 0.717) is 0 Å². The molecule has 0 fully saturated rings. The highest BCUT2D eigenvalue weighted by atomic mass is 127. The van der Waals surface area contributed by atoms with Gasteiger partial charge in [0.1, 0.15) is 5.82 Å². The Kier molecular flexibility index (Phi) is 2.91. The molecule has 1 aromatic heterocycles. The lowest BCUT2D eigenvalue weighted by Gasteiger charge is -2.11. The molecule has 0 aliphatic heterocycles. The summed E-state index contributed by atoms with van der Waals surface area (Å²) >= 11 is 6.88. The quantitative estimate of drug-likeness (QED) is 0.746. The minimum atomic E-state index is -4.50. The number of nitrogens with two attached hydrogens (primary N) is 1. The van der Waals surface area contributed by atoms with E-state index in [1.807, 2.05) is 0 Å².